The third-order valence-corrected chi connectivity index (χ3v) is 1.28. The van der Waals surface area contributed by atoms with E-state index in [4.69, 9.17) is 4.74 Å². The van der Waals surface area contributed by atoms with Crippen LogP contribution in [0.5, 0.6) is 0 Å². The minimum Gasteiger partial charge on any atom is -0.384 e. The van der Waals surface area contributed by atoms with Gasteiger partial charge in [-0.2, -0.15) is 0 Å². The topological polar surface area (TPSA) is 9.23 Å². The highest BCUT2D eigenvalue weighted by Crippen LogP contribution is 1.95. The first kappa shape index (κ1) is 9.70. The zero-order valence-corrected chi connectivity index (χ0v) is 6.81. The summed E-state index contributed by atoms with van der Waals surface area (Å²) in [6.07, 6.45) is 8.79. The van der Waals surface area contributed by atoms with Gasteiger partial charge in [0.2, 0.25) is 0 Å². The summed E-state index contributed by atoms with van der Waals surface area (Å²) in [5.74, 6) is 0. The Morgan fingerprint density at radius 2 is 2.00 bits per heavy atom. The van der Waals surface area contributed by atoms with Crippen LogP contribution in [-0.2, 0) is 4.74 Å². The van der Waals surface area contributed by atoms with E-state index in [1.807, 2.05) is 0 Å². The molecule has 0 aromatic heterocycles. The van der Waals surface area contributed by atoms with Gasteiger partial charge in [-0.25, -0.2) is 0 Å². The monoisotopic (exact) mass is 141 g/mol. The van der Waals surface area contributed by atoms with E-state index in [1.54, 1.807) is 7.11 Å². The van der Waals surface area contributed by atoms with Crippen molar-refractivity contribution in [3.63, 3.8) is 0 Å². The van der Waals surface area contributed by atoms with Crippen molar-refractivity contribution in [1.82, 2.24) is 0 Å². The molecule has 0 amide bonds. The summed E-state index contributed by atoms with van der Waals surface area (Å²) in [6, 6.07) is 0. The number of hydrogen-bond acceptors (Lipinski definition) is 1. The molecule has 59 valence electrons. The molecule has 0 atom stereocenters. The summed E-state index contributed by atoms with van der Waals surface area (Å²) in [4.78, 5) is 0. The summed E-state index contributed by atoms with van der Waals surface area (Å²) in [5, 5.41) is 0. The highest BCUT2D eigenvalue weighted by Gasteiger charge is 1.78. The Labute approximate surface area is 64.1 Å². The summed E-state index contributed by atoms with van der Waals surface area (Å²) < 4.78 is 4.88. The van der Waals surface area contributed by atoms with Gasteiger partial charge in [0.25, 0.3) is 0 Å². The van der Waals surface area contributed by atoms with Crippen molar-refractivity contribution in [1.29, 1.82) is 0 Å². The smallest absolute Gasteiger partial charge is 0.0496 e. The van der Waals surface area contributed by atoms with Gasteiger partial charge in [-0.1, -0.05) is 25.5 Å². The number of allylic oxidation sites excluding steroid dienone is 1. The van der Waals surface area contributed by atoms with E-state index >= 15 is 0 Å². The molecule has 0 aliphatic heterocycles. The summed E-state index contributed by atoms with van der Waals surface area (Å²) >= 11 is 0. The first-order valence-corrected chi connectivity index (χ1v) is 3.85. The van der Waals surface area contributed by atoms with Gasteiger partial charge in [-0.15, -0.1) is 0 Å². The molecule has 1 heteroatoms. The Balaban J connectivity index is 2.89. The molecule has 10 heavy (non-hydrogen) atoms. The van der Waals surface area contributed by atoms with E-state index in [0.29, 0.717) is 0 Å². The van der Waals surface area contributed by atoms with Crippen LogP contribution in [0.25, 0.3) is 0 Å². The second-order valence-corrected chi connectivity index (χ2v) is 2.25. The van der Waals surface area contributed by atoms with Crippen LogP contribution >= 0.6 is 0 Å². The maximum absolute atomic E-state index is 4.88. The van der Waals surface area contributed by atoms with Crippen LogP contribution in [0.1, 0.15) is 25.7 Å². The second kappa shape index (κ2) is 8.70. The first-order chi connectivity index (χ1) is 4.91. The Hall–Kier alpha value is -0.300. The van der Waals surface area contributed by atoms with Crippen LogP contribution in [-0.4, -0.2) is 13.7 Å². The molecule has 1 nitrogen and oxygen atoms in total. The molecule has 0 saturated carbocycles. The zero-order valence-electron chi connectivity index (χ0n) is 6.81. The lowest BCUT2D eigenvalue weighted by atomic mass is 10.2. The first-order valence-electron chi connectivity index (χ1n) is 3.85. The predicted octanol–water partition coefficient (Wildman–Crippen LogP) is 2.58. The van der Waals surface area contributed by atoms with Crippen LogP contribution in [0.3, 0.4) is 0 Å². The van der Waals surface area contributed by atoms with Gasteiger partial charge in [0.1, 0.15) is 0 Å². The van der Waals surface area contributed by atoms with E-state index < -0.39 is 0 Å². The molecule has 0 spiro atoms. The lowest BCUT2D eigenvalue weighted by Gasteiger charge is -1.90. The van der Waals surface area contributed by atoms with Gasteiger partial charge in [-0.3, -0.25) is 0 Å². The zero-order chi connectivity index (χ0) is 7.66. The highest BCUT2D eigenvalue weighted by molar-refractivity contribution is 4.81. The normalized spacial score (nSPS) is 11.0. The second-order valence-electron chi connectivity index (χ2n) is 2.25. The lowest BCUT2D eigenvalue weighted by Crippen LogP contribution is -1.83. The van der Waals surface area contributed by atoms with Crippen LogP contribution in [0, 0.1) is 6.92 Å². The summed E-state index contributed by atoms with van der Waals surface area (Å²) in [7, 11) is 1.73. The minimum atomic E-state index is 0.834. The molecule has 0 aromatic rings. The third-order valence-electron chi connectivity index (χ3n) is 1.28. The van der Waals surface area contributed by atoms with Crippen LogP contribution in [0.2, 0.25) is 0 Å². The predicted molar refractivity (Wildman–Crippen MR) is 44.8 cm³/mol. The molecule has 0 aliphatic carbocycles. The molecule has 0 fully saturated rings. The lowest BCUT2D eigenvalue weighted by molar-refractivity contribution is 0.204. The van der Waals surface area contributed by atoms with Gasteiger partial charge in [0.15, 0.2) is 0 Å². The fourth-order valence-corrected chi connectivity index (χ4v) is 0.684. The number of rotatable bonds is 6. The molecule has 0 N–H and O–H groups in total. The average Bonchev–Trinajstić information content (AvgIpc) is 1.97. The van der Waals surface area contributed by atoms with Gasteiger partial charge in [0.05, 0.1) is 0 Å². The Morgan fingerprint density at radius 3 is 2.60 bits per heavy atom. The third kappa shape index (κ3) is 7.70. The average molecular weight is 141 g/mol. The standard InChI is InChI=1S/C9H17O/c1-3-4-5-6-7-8-9-10-2/h6-7H,1,3-5,8-9H2,2H3/b7-6+. The van der Waals surface area contributed by atoms with Gasteiger partial charge in [0, 0.05) is 13.7 Å². The van der Waals surface area contributed by atoms with Crippen molar-refractivity contribution in [2.45, 2.75) is 25.7 Å². The molecule has 0 rings (SSSR count). The van der Waals surface area contributed by atoms with Crippen molar-refractivity contribution in [2.24, 2.45) is 0 Å². The maximum Gasteiger partial charge on any atom is 0.0496 e. The Kier molecular flexibility index (Phi) is 8.44. The van der Waals surface area contributed by atoms with E-state index in [-0.39, 0.29) is 0 Å². The van der Waals surface area contributed by atoms with Gasteiger partial charge in [-0.05, 0) is 19.3 Å². The SMILES string of the molecule is [CH2]CCC/C=C/CCOC. The number of unbranched alkanes of at least 4 members (excludes halogenated alkanes) is 2. The molecule has 0 heterocycles. The van der Waals surface area contributed by atoms with Crippen molar-refractivity contribution < 1.29 is 4.74 Å². The van der Waals surface area contributed by atoms with E-state index in [9.17, 15) is 0 Å². The molecular formula is C9H17O. The molecule has 0 aromatic carbocycles. The Morgan fingerprint density at radius 1 is 1.30 bits per heavy atom. The van der Waals surface area contributed by atoms with E-state index in [2.05, 4.69) is 19.1 Å². The van der Waals surface area contributed by atoms with Crippen molar-refractivity contribution in [3.05, 3.63) is 19.1 Å². The molecule has 1 radical (unpaired) electrons. The van der Waals surface area contributed by atoms with E-state index in [0.717, 1.165) is 25.9 Å². The quantitative estimate of drug-likeness (QED) is 0.408. The fourth-order valence-electron chi connectivity index (χ4n) is 0.684. The number of hydrogen-bond donors (Lipinski definition) is 0. The van der Waals surface area contributed by atoms with Gasteiger partial charge >= 0.3 is 0 Å². The Bertz CT molecular complexity index is 66.8. The van der Waals surface area contributed by atoms with Crippen molar-refractivity contribution >= 4 is 0 Å². The molecule has 0 saturated heterocycles. The highest BCUT2D eigenvalue weighted by atomic mass is 16.5. The van der Waals surface area contributed by atoms with Gasteiger partial charge < -0.3 is 4.74 Å². The summed E-state index contributed by atoms with van der Waals surface area (Å²) in [6.45, 7) is 4.60. The van der Waals surface area contributed by atoms with E-state index in [1.165, 1.54) is 6.42 Å². The number of ether oxygens (including phenoxy) is 1. The fraction of sp³-hybridized carbons (Fsp3) is 0.667. The van der Waals surface area contributed by atoms with Crippen molar-refractivity contribution in [2.75, 3.05) is 13.7 Å². The number of methoxy groups -OCH3 is 1. The largest absolute Gasteiger partial charge is 0.384 e. The minimum absolute atomic E-state index is 0.834. The molecule has 0 bridgehead atoms. The van der Waals surface area contributed by atoms with Crippen LogP contribution in [0.4, 0.5) is 0 Å². The van der Waals surface area contributed by atoms with Crippen molar-refractivity contribution in [3.8, 4) is 0 Å². The van der Waals surface area contributed by atoms with Crippen LogP contribution < -0.4 is 0 Å². The molecular weight excluding hydrogens is 124 g/mol. The maximum atomic E-state index is 4.88. The van der Waals surface area contributed by atoms with Crippen LogP contribution in [0.15, 0.2) is 12.2 Å². The molecule has 0 aliphatic rings. The molecule has 0 unspecified atom stereocenters. The summed E-state index contributed by atoms with van der Waals surface area (Å²) in [5.41, 5.74) is 0.